The lowest BCUT2D eigenvalue weighted by Gasteiger charge is -1.90. The van der Waals surface area contributed by atoms with Gasteiger partial charge in [0.15, 0.2) is 0 Å². The molecule has 0 radical (unpaired) electrons. The monoisotopic (exact) mass is 156 g/mol. The Labute approximate surface area is 63.2 Å². The summed E-state index contributed by atoms with van der Waals surface area (Å²) in [5.74, 6) is 0. The van der Waals surface area contributed by atoms with E-state index in [0.717, 1.165) is 11.4 Å². The molecule has 1 rings (SSSR count). The predicted molar refractivity (Wildman–Crippen MR) is 47.4 cm³/mol. The quantitative estimate of drug-likeness (QED) is 0.337. The third kappa shape index (κ3) is 3.11. The molecule has 1 aromatic carbocycles. The molecule has 10 heavy (non-hydrogen) atoms. The van der Waals surface area contributed by atoms with Gasteiger partial charge in [-0.15, -0.1) is 0 Å². The van der Waals surface area contributed by atoms with Crippen LogP contribution in [0.3, 0.4) is 0 Å². The van der Waals surface area contributed by atoms with Crippen molar-refractivity contribution in [2.75, 3.05) is 11.5 Å². The first-order valence-corrected chi connectivity index (χ1v) is 3.74. The minimum Gasteiger partial charge on any atom is -0.442 e. The minimum absolute atomic E-state index is 0.306. The second-order valence-electron chi connectivity index (χ2n) is 1.67. The van der Waals surface area contributed by atoms with Crippen molar-refractivity contribution in [3.8, 4) is 0 Å². The van der Waals surface area contributed by atoms with Gasteiger partial charge in [-0.05, 0) is 24.3 Å². The van der Waals surface area contributed by atoms with Gasteiger partial charge in [-0.1, -0.05) is 0 Å². The first kappa shape index (κ1) is 9.00. The molecule has 1 aromatic rings. The first-order chi connectivity index (χ1) is 4.79. The van der Waals surface area contributed by atoms with Gasteiger partial charge in [-0.25, -0.2) is 0 Å². The summed E-state index contributed by atoms with van der Waals surface area (Å²) in [4.78, 5) is 7.14. The molecule has 56 valence electrons. The number of nitrogens with two attached hydrogens (primary N) is 2. The summed E-state index contributed by atoms with van der Waals surface area (Å²) in [5, 5.41) is 0. The largest absolute Gasteiger partial charge is 0.442 e. The van der Waals surface area contributed by atoms with Crippen LogP contribution >= 0.6 is 0 Å². The van der Waals surface area contributed by atoms with Crippen LogP contribution in [0.15, 0.2) is 24.3 Å². The molecule has 0 fully saturated rings. The summed E-state index contributed by atoms with van der Waals surface area (Å²) < 4.78 is 0. The summed E-state index contributed by atoms with van der Waals surface area (Å²) in [5.41, 5.74) is 12.2. The molecular formula is C6H12N2OSi. The highest BCUT2D eigenvalue weighted by atomic mass is 28.2. The van der Waals surface area contributed by atoms with Gasteiger partial charge in [-0.2, -0.15) is 0 Å². The number of rotatable bonds is 0. The second kappa shape index (κ2) is 4.84. The van der Waals surface area contributed by atoms with Crippen molar-refractivity contribution in [2.45, 2.75) is 0 Å². The molecule has 0 bridgehead atoms. The van der Waals surface area contributed by atoms with Crippen molar-refractivity contribution in [3.05, 3.63) is 24.3 Å². The molecule has 0 spiro atoms. The Morgan fingerprint density at radius 2 is 1.10 bits per heavy atom. The Hall–Kier alpha value is -1.00. The van der Waals surface area contributed by atoms with Gasteiger partial charge in [0, 0.05) is 11.4 Å². The number of hydrogen-bond donors (Lipinski definition) is 3. The van der Waals surface area contributed by atoms with Crippen LogP contribution in [-0.2, 0) is 0 Å². The van der Waals surface area contributed by atoms with Gasteiger partial charge in [0.25, 0.3) is 0 Å². The molecule has 0 aliphatic carbocycles. The molecule has 0 saturated carbocycles. The molecule has 0 aliphatic heterocycles. The Kier molecular flexibility index (Phi) is 4.35. The van der Waals surface area contributed by atoms with Crippen molar-refractivity contribution in [3.63, 3.8) is 0 Å². The zero-order valence-electron chi connectivity index (χ0n) is 5.91. The lowest BCUT2D eigenvalue weighted by atomic mass is 10.3. The molecule has 4 heteroatoms. The summed E-state index contributed by atoms with van der Waals surface area (Å²) in [7, 11) is 0.306. The topological polar surface area (TPSA) is 72.3 Å². The number of benzene rings is 1. The molecule has 5 N–H and O–H groups in total. The molecule has 0 heterocycles. The van der Waals surface area contributed by atoms with Crippen molar-refractivity contribution in [1.82, 2.24) is 0 Å². The van der Waals surface area contributed by atoms with E-state index in [-0.39, 0.29) is 0 Å². The third-order valence-electron chi connectivity index (χ3n) is 0.936. The van der Waals surface area contributed by atoms with Crippen LogP contribution in [-0.4, -0.2) is 15.3 Å². The van der Waals surface area contributed by atoms with Gasteiger partial charge in [0.05, 0.1) is 0 Å². The van der Waals surface area contributed by atoms with Crippen LogP contribution in [0.5, 0.6) is 0 Å². The van der Waals surface area contributed by atoms with Crippen LogP contribution in [0.2, 0.25) is 0 Å². The van der Waals surface area contributed by atoms with E-state index >= 15 is 0 Å². The molecule has 0 aliphatic rings. The van der Waals surface area contributed by atoms with Crippen LogP contribution in [0, 0.1) is 0 Å². The van der Waals surface area contributed by atoms with Crippen molar-refractivity contribution >= 4 is 21.9 Å². The summed E-state index contributed by atoms with van der Waals surface area (Å²) in [6.45, 7) is 0. The second-order valence-corrected chi connectivity index (χ2v) is 1.67. The van der Waals surface area contributed by atoms with Gasteiger partial charge in [-0.3, -0.25) is 0 Å². The molecule has 0 atom stereocenters. The Morgan fingerprint density at radius 1 is 0.900 bits per heavy atom. The Balaban J connectivity index is 0.000000371. The third-order valence-corrected chi connectivity index (χ3v) is 0.936. The van der Waals surface area contributed by atoms with Gasteiger partial charge < -0.3 is 16.3 Å². The van der Waals surface area contributed by atoms with E-state index in [1.807, 2.05) is 0 Å². The van der Waals surface area contributed by atoms with Crippen LogP contribution in [0.25, 0.3) is 0 Å². The van der Waals surface area contributed by atoms with E-state index in [9.17, 15) is 0 Å². The van der Waals surface area contributed by atoms with Crippen LogP contribution in [0.1, 0.15) is 0 Å². The average Bonchev–Trinajstić information content (AvgIpc) is 2.00. The summed E-state index contributed by atoms with van der Waals surface area (Å²) in [6.07, 6.45) is 0. The maximum atomic E-state index is 7.14. The van der Waals surface area contributed by atoms with Gasteiger partial charge in [0.2, 0.25) is 0 Å². The molecular weight excluding hydrogens is 144 g/mol. The minimum atomic E-state index is 0.306. The Morgan fingerprint density at radius 3 is 1.30 bits per heavy atom. The normalized spacial score (nSPS) is 8.10. The standard InChI is InChI=1S/C6H8N2.H4OSi/c7-5-1-2-6(8)4-3-5;1-2/h1-4H,7-8H2;1H,2H3. The van der Waals surface area contributed by atoms with E-state index in [1.54, 1.807) is 24.3 Å². The zero-order valence-corrected chi connectivity index (χ0v) is 7.91. The van der Waals surface area contributed by atoms with Crippen LogP contribution in [0.4, 0.5) is 11.4 Å². The lowest BCUT2D eigenvalue weighted by molar-refractivity contribution is 0.629. The van der Waals surface area contributed by atoms with Crippen molar-refractivity contribution in [2.24, 2.45) is 0 Å². The van der Waals surface area contributed by atoms with Crippen molar-refractivity contribution in [1.29, 1.82) is 0 Å². The fourth-order valence-electron chi connectivity index (χ4n) is 0.496. The van der Waals surface area contributed by atoms with Crippen molar-refractivity contribution < 1.29 is 4.80 Å². The number of hydrogen-bond acceptors (Lipinski definition) is 3. The highest BCUT2D eigenvalue weighted by Crippen LogP contribution is 2.04. The highest BCUT2D eigenvalue weighted by Gasteiger charge is 1.80. The molecule has 0 aromatic heterocycles. The summed E-state index contributed by atoms with van der Waals surface area (Å²) >= 11 is 0. The van der Waals surface area contributed by atoms with Gasteiger partial charge in [0.1, 0.15) is 10.5 Å². The maximum Gasteiger partial charge on any atom is 0.141 e. The van der Waals surface area contributed by atoms with Crippen LogP contribution < -0.4 is 11.5 Å². The fraction of sp³-hybridized carbons (Fsp3) is 0. The van der Waals surface area contributed by atoms with E-state index in [2.05, 4.69) is 0 Å². The maximum absolute atomic E-state index is 7.14. The molecule has 0 saturated heterocycles. The first-order valence-electron chi connectivity index (χ1n) is 2.85. The Bertz CT molecular complexity index is 155. The molecule has 3 nitrogen and oxygen atoms in total. The molecule has 0 unspecified atom stereocenters. The fourth-order valence-corrected chi connectivity index (χ4v) is 0.496. The van der Waals surface area contributed by atoms with E-state index < -0.39 is 0 Å². The summed E-state index contributed by atoms with van der Waals surface area (Å²) in [6, 6.07) is 7.09. The smallest absolute Gasteiger partial charge is 0.141 e. The van der Waals surface area contributed by atoms with E-state index in [1.165, 1.54) is 0 Å². The number of anilines is 2. The average molecular weight is 156 g/mol. The van der Waals surface area contributed by atoms with E-state index in [0.29, 0.717) is 10.5 Å². The number of nitrogen functional groups attached to an aromatic ring is 2. The predicted octanol–water partition coefficient (Wildman–Crippen LogP) is -0.890. The zero-order chi connectivity index (χ0) is 7.98. The SMILES string of the molecule is Nc1ccc(N)cc1.O[SiH3]. The highest BCUT2D eigenvalue weighted by molar-refractivity contribution is 5.95. The van der Waals surface area contributed by atoms with E-state index in [4.69, 9.17) is 16.3 Å². The van der Waals surface area contributed by atoms with Gasteiger partial charge >= 0.3 is 0 Å². The molecule has 0 amide bonds. The lowest BCUT2D eigenvalue weighted by Crippen LogP contribution is -1.86.